The predicted octanol–water partition coefficient (Wildman–Crippen LogP) is 0.953. The number of sulfone groups is 1. The number of aromatic nitrogens is 3. The molecule has 0 spiro atoms. The van der Waals surface area contributed by atoms with E-state index in [1.165, 1.54) is 0 Å². The van der Waals surface area contributed by atoms with Gasteiger partial charge in [0.2, 0.25) is 5.95 Å². The van der Waals surface area contributed by atoms with Crippen molar-refractivity contribution < 1.29 is 8.42 Å². The third kappa shape index (κ3) is 4.26. The molecular formula is C13H23N5O2S. The molecule has 1 aromatic heterocycles. The van der Waals surface area contributed by atoms with Crippen molar-refractivity contribution in [1.29, 1.82) is 0 Å². The summed E-state index contributed by atoms with van der Waals surface area (Å²) in [5.41, 5.74) is 0. The Labute approximate surface area is 126 Å². The van der Waals surface area contributed by atoms with Crippen molar-refractivity contribution in [2.24, 2.45) is 5.92 Å². The Balaban J connectivity index is 2.13. The minimum atomic E-state index is -2.91. The van der Waals surface area contributed by atoms with Gasteiger partial charge in [-0.15, -0.1) is 5.10 Å². The highest BCUT2D eigenvalue weighted by atomic mass is 32.2. The second kappa shape index (κ2) is 6.55. The van der Waals surface area contributed by atoms with Crippen molar-refractivity contribution in [3.8, 4) is 0 Å². The second-order valence-electron chi connectivity index (χ2n) is 5.76. The number of anilines is 2. The SMILES string of the molecule is CCN(c1cnnc(NCC(C)C)n1)C1CCS(=O)(=O)C1. The number of nitrogens with one attached hydrogen (secondary N) is 1. The first-order chi connectivity index (χ1) is 9.91. The van der Waals surface area contributed by atoms with Crippen molar-refractivity contribution >= 4 is 21.6 Å². The Hall–Kier alpha value is -1.44. The molecule has 0 saturated carbocycles. The molecule has 0 aliphatic carbocycles. The molecule has 1 N–H and O–H groups in total. The van der Waals surface area contributed by atoms with Crippen LogP contribution in [0.15, 0.2) is 6.20 Å². The van der Waals surface area contributed by atoms with E-state index in [4.69, 9.17) is 0 Å². The van der Waals surface area contributed by atoms with E-state index in [0.29, 0.717) is 30.6 Å². The lowest BCUT2D eigenvalue weighted by Crippen LogP contribution is -2.37. The molecule has 2 heterocycles. The van der Waals surface area contributed by atoms with Crippen LogP contribution in [0.2, 0.25) is 0 Å². The molecule has 0 aromatic carbocycles. The van der Waals surface area contributed by atoms with Crippen LogP contribution < -0.4 is 10.2 Å². The van der Waals surface area contributed by atoms with E-state index in [0.717, 1.165) is 6.54 Å². The maximum atomic E-state index is 11.6. The first-order valence-corrected chi connectivity index (χ1v) is 9.14. The molecule has 0 bridgehead atoms. The van der Waals surface area contributed by atoms with Crippen LogP contribution in [-0.2, 0) is 9.84 Å². The van der Waals surface area contributed by atoms with E-state index in [9.17, 15) is 8.42 Å². The quantitative estimate of drug-likeness (QED) is 0.836. The lowest BCUT2D eigenvalue weighted by atomic mass is 10.2. The molecule has 21 heavy (non-hydrogen) atoms. The topological polar surface area (TPSA) is 88.1 Å². The van der Waals surface area contributed by atoms with Crippen LogP contribution in [0.5, 0.6) is 0 Å². The van der Waals surface area contributed by atoms with Gasteiger partial charge in [-0.1, -0.05) is 13.8 Å². The maximum absolute atomic E-state index is 11.6. The molecule has 7 nitrogen and oxygen atoms in total. The highest BCUT2D eigenvalue weighted by Gasteiger charge is 2.32. The van der Waals surface area contributed by atoms with Gasteiger partial charge in [-0.3, -0.25) is 0 Å². The fourth-order valence-corrected chi connectivity index (χ4v) is 4.16. The van der Waals surface area contributed by atoms with Gasteiger partial charge in [0, 0.05) is 19.1 Å². The third-order valence-electron chi connectivity index (χ3n) is 3.50. The second-order valence-corrected chi connectivity index (χ2v) is 7.98. The molecule has 1 unspecified atom stereocenters. The fourth-order valence-electron chi connectivity index (χ4n) is 2.43. The monoisotopic (exact) mass is 313 g/mol. The highest BCUT2D eigenvalue weighted by molar-refractivity contribution is 7.91. The van der Waals surface area contributed by atoms with Crippen LogP contribution in [0.4, 0.5) is 11.8 Å². The average Bonchev–Trinajstić information content (AvgIpc) is 2.78. The summed E-state index contributed by atoms with van der Waals surface area (Å²) in [6.07, 6.45) is 2.24. The van der Waals surface area contributed by atoms with Crippen molar-refractivity contribution in [3.05, 3.63) is 6.20 Å². The Morgan fingerprint density at radius 3 is 2.81 bits per heavy atom. The van der Waals surface area contributed by atoms with Gasteiger partial charge in [0.25, 0.3) is 0 Å². The smallest absolute Gasteiger partial charge is 0.244 e. The summed E-state index contributed by atoms with van der Waals surface area (Å²) in [6.45, 7) is 7.67. The predicted molar refractivity (Wildman–Crippen MR) is 83.2 cm³/mol. The van der Waals surface area contributed by atoms with E-state index >= 15 is 0 Å². The van der Waals surface area contributed by atoms with Crippen molar-refractivity contribution in [3.63, 3.8) is 0 Å². The van der Waals surface area contributed by atoms with Gasteiger partial charge in [-0.2, -0.15) is 10.1 Å². The Morgan fingerprint density at radius 1 is 1.48 bits per heavy atom. The number of hydrogen-bond acceptors (Lipinski definition) is 7. The summed E-state index contributed by atoms with van der Waals surface area (Å²) in [5, 5.41) is 11.1. The first-order valence-electron chi connectivity index (χ1n) is 7.32. The molecule has 8 heteroatoms. The molecule has 1 aromatic rings. The third-order valence-corrected chi connectivity index (χ3v) is 5.25. The number of nitrogens with zero attached hydrogens (tertiary/aromatic N) is 4. The first kappa shape index (κ1) is 15.9. The van der Waals surface area contributed by atoms with Gasteiger partial charge in [0.15, 0.2) is 15.7 Å². The number of rotatable bonds is 6. The molecule has 0 amide bonds. The van der Waals surface area contributed by atoms with E-state index in [2.05, 4.69) is 34.3 Å². The molecule has 0 radical (unpaired) electrons. The molecule has 1 fully saturated rings. The molecular weight excluding hydrogens is 290 g/mol. The molecule has 1 atom stereocenters. The molecule has 1 aliphatic rings. The van der Waals surface area contributed by atoms with E-state index in [-0.39, 0.29) is 17.5 Å². The molecule has 118 valence electrons. The van der Waals surface area contributed by atoms with Crippen molar-refractivity contribution in [1.82, 2.24) is 15.2 Å². The summed E-state index contributed by atoms with van der Waals surface area (Å²) < 4.78 is 23.3. The zero-order valence-corrected chi connectivity index (χ0v) is 13.6. The highest BCUT2D eigenvalue weighted by Crippen LogP contribution is 2.22. The van der Waals surface area contributed by atoms with Crippen molar-refractivity contribution in [2.75, 3.05) is 34.8 Å². The van der Waals surface area contributed by atoms with E-state index in [1.54, 1.807) is 6.20 Å². The zero-order valence-electron chi connectivity index (χ0n) is 12.8. The van der Waals surface area contributed by atoms with Crippen LogP contribution in [0, 0.1) is 5.92 Å². The summed E-state index contributed by atoms with van der Waals surface area (Å²) >= 11 is 0. The maximum Gasteiger partial charge on any atom is 0.244 e. The van der Waals surface area contributed by atoms with E-state index < -0.39 is 9.84 Å². The van der Waals surface area contributed by atoms with Gasteiger partial charge in [0.1, 0.15) is 0 Å². The van der Waals surface area contributed by atoms with Crippen LogP contribution in [0.3, 0.4) is 0 Å². The zero-order chi connectivity index (χ0) is 15.5. The minimum Gasteiger partial charge on any atom is -0.353 e. The molecule has 1 saturated heterocycles. The fraction of sp³-hybridized carbons (Fsp3) is 0.769. The van der Waals surface area contributed by atoms with Crippen LogP contribution in [0.1, 0.15) is 27.2 Å². The van der Waals surface area contributed by atoms with Gasteiger partial charge >= 0.3 is 0 Å². The summed E-state index contributed by atoms with van der Waals surface area (Å²) in [6, 6.07) is -0.0188. The average molecular weight is 313 g/mol. The normalized spacial score (nSPS) is 20.7. The standard InChI is InChI=1S/C13H23N5O2S/c1-4-18(11-5-6-21(19,20)9-11)12-8-15-17-13(16-12)14-7-10(2)3/h8,10-11H,4-7,9H2,1-3H3,(H,14,16,17). The van der Waals surface area contributed by atoms with Crippen LogP contribution in [0.25, 0.3) is 0 Å². The minimum absolute atomic E-state index is 0.0188. The summed E-state index contributed by atoms with van der Waals surface area (Å²) in [4.78, 5) is 6.45. The Kier molecular flexibility index (Phi) is 4.97. The Bertz CT molecular complexity index is 576. The van der Waals surface area contributed by atoms with Crippen LogP contribution >= 0.6 is 0 Å². The van der Waals surface area contributed by atoms with Gasteiger partial charge < -0.3 is 10.2 Å². The number of hydrogen-bond donors (Lipinski definition) is 1. The van der Waals surface area contributed by atoms with E-state index in [1.807, 2.05) is 11.8 Å². The van der Waals surface area contributed by atoms with Crippen LogP contribution in [-0.4, -0.2) is 54.2 Å². The van der Waals surface area contributed by atoms with Crippen molar-refractivity contribution in [2.45, 2.75) is 33.2 Å². The summed E-state index contributed by atoms with van der Waals surface area (Å²) in [5.74, 6) is 2.10. The van der Waals surface area contributed by atoms with Gasteiger partial charge in [-0.05, 0) is 19.3 Å². The Morgan fingerprint density at radius 2 is 2.24 bits per heavy atom. The lowest BCUT2D eigenvalue weighted by molar-refractivity contribution is 0.599. The lowest BCUT2D eigenvalue weighted by Gasteiger charge is -2.27. The molecule has 2 rings (SSSR count). The van der Waals surface area contributed by atoms with Gasteiger partial charge in [0.05, 0.1) is 17.7 Å². The molecule has 1 aliphatic heterocycles. The largest absolute Gasteiger partial charge is 0.353 e. The van der Waals surface area contributed by atoms with Gasteiger partial charge in [-0.25, -0.2) is 8.42 Å². The summed E-state index contributed by atoms with van der Waals surface area (Å²) in [7, 11) is -2.91.